The van der Waals surface area contributed by atoms with Crippen molar-refractivity contribution in [3.8, 4) is 0 Å². The lowest BCUT2D eigenvalue weighted by molar-refractivity contribution is -0.119. The third-order valence-corrected chi connectivity index (χ3v) is 4.07. The molecule has 3 heteroatoms. The van der Waals surface area contributed by atoms with E-state index in [1.807, 2.05) is 55.5 Å². The molecule has 1 saturated heterocycles. The third-order valence-electron chi connectivity index (χ3n) is 3.81. The first-order valence-corrected chi connectivity index (χ1v) is 7.48. The summed E-state index contributed by atoms with van der Waals surface area (Å²) in [5, 5.41) is 0.686. The van der Waals surface area contributed by atoms with Crippen LogP contribution in [0, 0.1) is 6.92 Å². The van der Waals surface area contributed by atoms with E-state index in [1.54, 1.807) is 17.1 Å². The predicted octanol–water partition coefficient (Wildman–Crippen LogP) is 4.85. The molecule has 110 valence electrons. The molecular weight excluding hydrogens is 294 g/mol. The Morgan fingerprint density at radius 2 is 1.73 bits per heavy atom. The molecule has 1 aliphatic heterocycles. The van der Waals surface area contributed by atoms with Crippen LogP contribution in [-0.4, -0.2) is 5.91 Å². The second-order valence-electron chi connectivity index (χ2n) is 5.32. The maximum atomic E-state index is 12.5. The number of amides is 1. The van der Waals surface area contributed by atoms with Gasteiger partial charge in [-0.2, -0.15) is 0 Å². The number of halogens is 1. The molecule has 1 aliphatic rings. The minimum Gasteiger partial charge on any atom is -0.297 e. The highest BCUT2D eigenvalue weighted by molar-refractivity contribution is 6.30. The van der Waals surface area contributed by atoms with Crippen molar-refractivity contribution < 1.29 is 4.79 Å². The van der Waals surface area contributed by atoms with Crippen LogP contribution in [0.15, 0.2) is 72.8 Å². The van der Waals surface area contributed by atoms with Gasteiger partial charge in [0.25, 0.3) is 5.91 Å². The summed E-state index contributed by atoms with van der Waals surface area (Å²) in [4.78, 5) is 14.3. The molecule has 0 spiro atoms. The summed E-state index contributed by atoms with van der Waals surface area (Å²) in [5.74, 6) is 0.0173. The van der Waals surface area contributed by atoms with Crippen LogP contribution >= 0.6 is 11.6 Å². The Hall–Kier alpha value is -2.32. The summed E-state index contributed by atoms with van der Waals surface area (Å²) in [6.45, 7) is 5.73. The number of hydrogen-bond donors (Lipinski definition) is 0. The molecule has 0 saturated carbocycles. The number of nitrogens with zero attached hydrogens (tertiary/aromatic N) is 1. The van der Waals surface area contributed by atoms with Crippen LogP contribution in [0.1, 0.15) is 17.2 Å². The van der Waals surface area contributed by atoms with Crippen LogP contribution in [0.4, 0.5) is 5.69 Å². The Balaban J connectivity index is 2.03. The zero-order valence-corrected chi connectivity index (χ0v) is 13.0. The number of β-lactam (4-membered cyclic amide) rings is 1. The number of anilines is 1. The van der Waals surface area contributed by atoms with Gasteiger partial charge in [-0.25, -0.2) is 0 Å². The third kappa shape index (κ3) is 2.46. The number of aryl methyl sites for hydroxylation is 1. The molecule has 22 heavy (non-hydrogen) atoms. The summed E-state index contributed by atoms with van der Waals surface area (Å²) in [6, 6.07) is 15.5. The Kier molecular flexibility index (Phi) is 3.86. The maximum absolute atomic E-state index is 12.5. The zero-order chi connectivity index (χ0) is 15.7. The molecule has 1 unspecified atom stereocenters. The number of allylic oxidation sites excluding steroid dienone is 2. The highest BCUT2D eigenvalue weighted by Gasteiger charge is 2.43. The van der Waals surface area contributed by atoms with Crippen LogP contribution < -0.4 is 4.90 Å². The van der Waals surface area contributed by atoms with Crippen molar-refractivity contribution in [3.05, 3.63) is 89.0 Å². The second-order valence-corrected chi connectivity index (χ2v) is 5.76. The Morgan fingerprint density at radius 3 is 2.32 bits per heavy atom. The average molecular weight is 310 g/mol. The molecule has 2 aromatic carbocycles. The lowest BCUT2D eigenvalue weighted by atomic mass is 9.87. The number of rotatable bonds is 3. The van der Waals surface area contributed by atoms with Gasteiger partial charge in [0.2, 0.25) is 0 Å². The fourth-order valence-corrected chi connectivity index (χ4v) is 2.81. The van der Waals surface area contributed by atoms with Gasteiger partial charge in [0.1, 0.15) is 0 Å². The summed E-state index contributed by atoms with van der Waals surface area (Å²) in [6.07, 6.45) is 3.44. The molecule has 1 amide bonds. The van der Waals surface area contributed by atoms with Gasteiger partial charge in [0.15, 0.2) is 0 Å². The smallest absolute Gasteiger partial charge is 0.257 e. The van der Waals surface area contributed by atoms with Crippen molar-refractivity contribution in [1.29, 1.82) is 0 Å². The average Bonchev–Trinajstić information content (AvgIpc) is 2.53. The van der Waals surface area contributed by atoms with Gasteiger partial charge in [0, 0.05) is 16.3 Å². The van der Waals surface area contributed by atoms with Crippen LogP contribution in [0.5, 0.6) is 0 Å². The van der Waals surface area contributed by atoms with Gasteiger partial charge in [-0.15, -0.1) is 0 Å². The highest BCUT2D eigenvalue weighted by Crippen LogP contribution is 2.43. The molecule has 0 aromatic heterocycles. The molecule has 0 N–H and O–H groups in total. The van der Waals surface area contributed by atoms with Gasteiger partial charge in [-0.1, -0.05) is 60.2 Å². The summed E-state index contributed by atoms with van der Waals surface area (Å²) < 4.78 is 0. The molecule has 0 radical (unpaired) electrons. The van der Waals surface area contributed by atoms with E-state index < -0.39 is 0 Å². The molecule has 2 nitrogen and oxygen atoms in total. The highest BCUT2D eigenvalue weighted by atomic mass is 35.5. The molecule has 1 atom stereocenters. The first kappa shape index (κ1) is 14.6. The van der Waals surface area contributed by atoms with Crippen molar-refractivity contribution >= 4 is 23.2 Å². The van der Waals surface area contributed by atoms with Gasteiger partial charge < -0.3 is 0 Å². The molecule has 3 rings (SSSR count). The number of benzene rings is 2. The normalized spacial score (nSPS) is 19.2. The SMILES string of the molecule is C=C/C=C1\C(=O)N(c2ccc(C)cc2)C1c1ccc(Cl)cc1. The largest absolute Gasteiger partial charge is 0.297 e. The van der Waals surface area contributed by atoms with Crippen molar-refractivity contribution in [2.24, 2.45) is 0 Å². The van der Waals surface area contributed by atoms with Gasteiger partial charge in [0.05, 0.1) is 6.04 Å². The second kappa shape index (κ2) is 5.82. The van der Waals surface area contributed by atoms with E-state index in [9.17, 15) is 4.79 Å². The minimum absolute atomic E-state index is 0.0173. The summed E-state index contributed by atoms with van der Waals surface area (Å²) >= 11 is 5.96. The monoisotopic (exact) mass is 309 g/mol. The molecule has 1 heterocycles. The van der Waals surface area contributed by atoms with Crippen LogP contribution in [0.25, 0.3) is 0 Å². The van der Waals surface area contributed by atoms with Crippen molar-refractivity contribution in [2.75, 3.05) is 4.90 Å². The topological polar surface area (TPSA) is 20.3 Å². The van der Waals surface area contributed by atoms with E-state index in [2.05, 4.69) is 6.58 Å². The molecular formula is C19H16ClNO. The Morgan fingerprint density at radius 1 is 1.09 bits per heavy atom. The first-order chi connectivity index (χ1) is 10.6. The van der Waals surface area contributed by atoms with Crippen LogP contribution in [0.3, 0.4) is 0 Å². The van der Waals surface area contributed by atoms with E-state index in [0.29, 0.717) is 5.02 Å². The quantitative estimate of drug-likeness (QED) is 0.586. The van der Waals surface area contributed by atoms with Crippen LogP contribution in [-0.2, 0) is 4.79 Å². The Bertz CT molecular complexity index is 744. The van der Waals surface area contributed by atoms with Crippen LogP contribution in [0.2, 0.25) is 5.02 Å². The first-order valence-electron chi connectivity index (χ1n) is 7.10. The van der Waals surface area contributed by atoms with E-state index in [0.717, 1.165) is 16.8 Å². The molecule has 0 aliphatic carbocycles. The summed E-state index contributed by atoms with van der Waals surface area (Å²) in [5.41, 5.74) is 3.86. The standard InChI is InChI=1S/C19H16ClNO/c1-3-4-17-18(14-7-9-15(20)10-8-14)21(19(17)22)16-11-5-13(2)6-12-16/h3-12,18H,1H2,2H3/b17-4-. The van der Waals surface area contributed by atoms with E-state index in [4.69, 9.17) is 11.6 Å². The zero-order valence-electron chi connectivity index (χ0n) is 12.3. The molecule has 0 bridgehead atoms. The predicted molar refractivity (Wildman–Crippen MR) is 91.1 cm³/mol. The van der Waals surface area contributed by atoms with Gasteiger partial charge in [-0.3, -0.25) is 9.69 Å². The van der Waals surface area contributed by atoms with Crippen molar-refractivity contribution in [3.63, 3.8) is 0 Å². The van der Waals surface area contributed by atoms with Crippen molar-refractivity contribution in [2.45, 2.75) is 13.0 Å². The maximum Gasteiger partial charge on any atom is 0.257 e. The van der Waals surface area contributed by atoms with E-state index in [-0.39, 0.29) is 11.9 Å². The summed E-state index contributed by atoms with van der Waals surface area (Å²) in [7, 11) is 0. The fourth-order valence-electron chi connectivity index (χ4n) is 2.68. The Labute approximate surface area is 135 Å². The van der Waals surface area contributed by atoms with E-state index >= 15 is 0 Å². The fraction of sp³-hybridized carbons (Fsp3) is 0.105. The number of carbonyl (C=O) groups is 1. The molecule has 2 aromatic rings. The van der Waals surface area contributed by atoms with Crippen molar-refractivity contribution in [1.82, 2.24) is 0 Å². The van der Waals surface area contributed by atoms with Gasteiger partial charge in [-0.05, 0) is 36.8 Å². The van der Waals surface area contributed by atoms with E-state index in [1.165, 1.54) is 5.56 Å². The minimum atomic E-state index is -0.0922. The lowest BCUT2D eigenvalue weighted by Crippen LogP contribution is -2.49. The van der Waals surface area contributed by atoms with Gasteiger partial charge >= 0.3 is 0 Å². The number of carbonyl (C=O) groups excluding carboxylic acids is 1. The number of hydrogen-bond acceptors (Lipinski definition) is 1. The lowest BCUT2D eigenvalue weighted by Gasteiger charge is -2.43. The molecule has 1 fully saturated rings.